The molecule has 0 unspecified atom stereocenters. The summed E-state index contributed by atoms with van der Waals surface area (Å²) in [6.45, 7) is 4.45. The van der Waals surface area contributed by atoms with Crippen LogP contribution in [0.5, 0.6) is 5.75 Å². The molecule has 4 heterocycles. The van der Waals surface area contributed by atoms with Gasteiger partial charge in [0.2, 0.25) is 11.7 Å². The number of halogens is 4. The Kier molecular flexibility index (Phi) is 9.16. The van der Waals surface area contributed by atoms with Gasteiger partial charge in [-0.25, -0.2) is 4.39 Å². The van der Waals surface area contributed by atoms with Crippen LogP contribution in [-0.2, 0) is 28.7 Å². The van der Waals surface area contributed by atoms with Crippen LogP contribution in [0.25, 0.3) is 11.4 Å². The summed E-state index contributed by atoms with van der Waals surface area (Å²) >= 11 is 0. The number of carbonyl (C=O) groups is 2. The summed E-state index contributed by atoms with van der Waals surface area (Å²) in [5.74, 6) is -1.71. The molecule has 2 amide bonds. The standard InChI is InChI=1S/C33H33F4N7O5/c1-3-25-28(41-10-12-42(13-11-41)30(47)23-17-22(34)5-7-26(23)45)31(48)44-32(39-29(40-44)20-8-14-49-15-9-20)43(25)18-27(46)38-24-6-4-21(16-19(24)2)33(35,36)37/h4-8,16-17,45H,3,9-15,18H2,1-2H3,(H,38,46). The van der Waals surface area contributed by atoms with E-state index in [0.717, 1.165) is 40.4 Å². The first kappa shape index (κ1) is 33.6. The second-order valence-electron chi connectivity index (χ2n) is 11.8. The molecular formula is C33H33F4N7O5. The van der Waals surface area contributed by atoms with Crippen molar-refractivity contribution >= 4 is 34.5 Å². The molecule has 12 nitrogen and oxygen atoms in total. The summed E-state index contributed by atoms with van der Waals surface area (Å²) in [5.41, 5.74) is 0.446. The fraction of sp³-hybridized carbons (Fsp3) is 0.364. The zero-order valence-corrected chi connectivity index (χ0v) is 26.7. The molecule has 2 N–H and O–H groups in total. The number of amides is 2. The summed E-state index contributed by atoms with van der Waals surface area (Å²) in [7, 11) is 0. The minimum atomic E-state index is -4.54. The fourth-order valence-electron chi connectivity index (χ4n) is 6.09. The quantitative estimate of drug-likeness (QED) is 0.279. The number of hydrogen-bond acceptors (Lipinski definition) is 8. The van der Waals surface area contributed by atoms with E-state index in [4.69, 9.17) is 4.74 Å². The van der Waals surface area contributed by atoms with E-state index >= 15 is 0 Å². The van der Waals surface area contributed by atoms with Crippen LogP contribution in [0.3, 0.4) is 0 Å². The molecule has 2 aromatic carbocycles. The van der Waals surface area contributed by atoms with Crippen LogP contribution >= 0.6 is 0 Å². The van der Waals surface area contributed by atoms with Crippen molar-refractivity contribution in [3.05, 3.63) is 86.9 Å². The van der Waals surface area contributed by atoms with Gasteiger partial charge in [-0.2, -0.15) is 22.7 Å². The van der Waals surface area contributed by atoms with Gasteiger partial charge in [0.15, 0.2) is 5.82 Å². The van der Waals surface area contributed by atoms with Crippen molar-refractivity contribution < 1.29 is 37.0 Å². The zero-order chi connectivity index (χ0) is 35.0. The van der Waals surface area contributed by atoms with Crippen LogP contribution in [0.15, 0.2) is 47.3 Å². The Bertz CT molecular complexity index is 2030. The monoisotopic (exact) mass is 683 g/mol. The van der Waals surface area contributed by atoms with Crippen LogP contribution < -0.4 is 15.8 Å². The van der Waals surface area contributed by atoms with Crippen LogP contribution in [0.1, 0.15) is 46.3 Å². The van der Waals surface area contributed by atoms with E-state index in [-0.39, 0.29) is 66.8 Å². The molecule has 1 fully saturated rings. The lowest BCUT2D eigenvalue weighted by atomic mass is 10.1. The maximum atomic E-state index is 14.1. The largest absolute Gasteiger partial charge is 0.507 e. The summed E-state index contributed by atoms with van der Waals surface area (Å²) in [6, 6.07) is 6.18. The van der Waals surface area contributed by atoms with Crippen molar-refractivity contribution in [2.24, 2.45) is 0 Å². The van der Waals surface area contributed by atoms with Gasteiger partial charge in [0.1, 0.15) is 23.8 Å². The molecule has 4 aromatic rings. The number of phenolic OH excluding ortho intramolecular Hbond substituents is 1. The third kappa shape index (κ3) is 6.72. The Morgan fingerprint density at radius 2 is 1.84 bits per heavy atom. The highest BCUT2D eigenvalue weighted by Crippen LogP contribution is 2.32. The number of ether oxygens (including phenoxy) is 1. The number of aromatic nitrogens is 4. The van der Waals surface area contributed by atoms with Gasteiger partial charge in [0, 0.05) is 31.9 Å². The Morgan fingerprint density at radius 1 is 1.08 bits per heavy atom. The van der Waals surface area contributed by atoms with Crippen molar-refractivity contribution in [3.8, 4) is 5.75 Å². The average Bonchev–Trinajstić information content (AvgIpc) is 3.54. The number of alkyl halides is 3. The van der Waals surface area contributed by atoms with Crippen molar-refractivity contribution in [1.82, 2.24) is 24.1 Å². The maximum absolute atomic E-state index is 14.1. The number of piperazine rings is 1. The zero-order valence-electron chi connectivity index (χ0n) is 26.7. The normalized spacial score (nSPS) is 15.4. The van der Waals surface area contributed by atoms with Crippen molar-refractivity contribution in [3.63, 3.8) is 0 Å². The SMILES string of the molecule is CCc1c(N2CCN(C(=O)c3cc(F)ccc3O)CC2)c(=O)n2nc(C3=CCOCC3)nc2n1CC(=O)Nc1ccc(C(F)(F)F)cc1C. The van der Waals surface area contributed by atoms with E-state index < -0.39 is 34.9 Å². The van der Waals surface area contributed by atoms with Crippen molar-refractivity contribution in [2.45, 2.75) is 39.4 Å². The first-order valence-electron chi connectivity index (χ1n) is 15.7. The molecule has 0 saturated carbocycles. The predicted octanol–water partition coefficient (Wildman–Crippen LogP) is 4.03. The summed E-state index contributed by atoms with van der Waals surface area (Å²) < 4.78 is 61.6. The fourth-order valence-corrected chi connectivity index (χ4v) is 6.09. The maximum Gasteiger partial charge on any atom is 0.416 e. The molecule has 0 aliphatic carbocycles. The molecule has 0 bridgehead atoms. The van der Waals surface area contributed by atoms with Gasteiger partial charge in [0.05, 0.1) is 30.0 Å². The summed E-state index contributed by atoms with van der Waals surface area (Å²) in [6.07, 6.45) is -1.90. The van der Waals surface area contributed by atoms with Crippen molar-refractivity contribution in [1.29, 1.82) is 0 Å². The van der Waals surface area contributed by atoms with E-state index in [0.29, 0.717) is 37.6 Å². The average molecular weight is 684 g/mol. The van der Waals surface area contributed by atoms with E-state index in [1.807, 2.05) is 13.0 Å². The van der Waals surface area contributed by atoms with Gasteiger partial charge < -0.3 is 29.5 Å². The first-order valence-corrected chi connectivity index (χ1v) is 15.7. The highest BCUT2D eigenvalue weighted by atomic mass is 19.4. The van der Waals surface area contributed by atoms with Crippen LogP contribution in [0, 0.1) is 12.7 Å². The number of hydrogen-bond donors (Lipinski definition) is 2. The minimum Gasteiger partial charge on any atom is -0.507 e. The van der Waals surface area contributed by atoms with Gasteiger partial charge in [-0.3, -0.25) is 14.4 Å². The van der Waals surface area contributed by atoms with E-state index in [1.165, 1.54) is 17.9 Å². The molecule has 6 rings (SSSR count). The molecule has 49 heavy (non-hydrogen) atoms. The molecule has 258 valence electrons. The second-order valence-corrected chi connectivity index (χ2v) is 11.8. The molecule has 16 heteroatoms. The molecule has 2 aliphatic rings. The number of fused-ring (bicyclic) bond motifs is 1. The number of nitrogens with one attached hydrogen (secondary N) is 1. The lowest BCUT2D eigenvalue weighted by molar-refractivity contribution is -0.137. The predicted molar refractivity (Wildman–Crippen MR) is 171 cm³/mol. The number of nitrogens with zero attached hydrogens (tertiary/aromatic N) is 6. The van der Waals surface area contributed by atoms with Gasteiger partial charge in [-0.05, 0) is 67.3 Å². The number of phenols is 1. The minimum absolute atomic E-state index is 0.114. The third-order valence-electron chi connectivity index (χ3n) is 8.61. The van der Waals surface area contributed by atoms with Crippen LogP contribution in [0.4, 0.5) is 28.9 Å². The van der Waals surface area contributed by atoms with Gasteiger partial charge >= 0.3 is 6.18 Å². The number of rotatable bonds is 7. The number of aromatic hydroxyl groups is 1. The van der Waals surface area contributed by atoms with Gasteiger partial charge in [-0.15, -0.1) is 5.10 Å². The molecule has 0 radical (unpaired) electrons. The second kappa shape index (κ2) is 13.3. The Morgan fingerprint density at radius 3 is 2.49 bits per heavy atom. The molecular weight excluding hydrogens is 650 g/mol. The molecule has 0 spiro atoms. The number of anilines is 2. The molecule has 1 saturated heterocycles. The molecule has 2 aliphatic heterocycles. The van der Waals surface area contributed by atoms with Crippen LogP contribution in [-0.4, -0.2) is 80.4 Å². The lowest BCUT2D eigenvalue weighted by Crippen LogP contribution is -2.51. The number of carbonyl (C=O) groups excluding carboxylic acids is 2. The highest BCUT2D eigenvalue weighted by Gasteiger charge is 2.32. The topological polar surface area (TPSA) is 134 Å². The van der Waals surface area contributed by atoms with Crippen molar-refractivity contribution in [2.75, 3.05) is 49.6 Å². The smallest absolute Gasteiger partial charge is 0.416 e. The van der Waals surface area contributed by atoms with E-state index in [2.05, 4.69) is 15.4 Å². The number of aryl methyl sites for hydroxylation is 1. The highest BCUT2D eigenvalue weighted by molar-refractivity contribution is 5.97. The van der Waals surface area contributed by atoms with E-state index in [1.54, 1.807) is 9.47 Å². The third-order valence-corrected chi connectivity index (χ3v) is 8.61. The Labute approximate surface area is 277 Å². The van der Waals surface area contributed by atoms with Gasteiger partial charge in [-0.1, -0.05) is 13.0 Å². The van der Waals surface area contributed by atoms with Crippen LogP contribution in [0.2, 0.25) is 0 Å². The summed E-state index contributed by atoms with van der Waals surface area (Å²) in [5, 5.41) is 17.4. The molecule has 0 atom stereocenters. The Balaban J connectivity index is 1.35. The molecule has 2 aromatic heterocycles. The Hall–Kier alpha value is -5.25. The lowest BCUT2D eigenvalue weighted by Gasteiger charge is -2.37. The first-order chi connectivity index (χ1) is 23.3. The van der Waals surface area contributed by atoms with Gasteiger partial charge in [0.25, 0.3) is 11.5 Å². The summed E-state index contributed by atoms with van der Waals surface area (Å²) in [4.78, 5) is 48.6. The number of benzene rings is 2. The van der Waals surface area contributed by atoms with E-state index in [9.17, 15) is 37.1 Å².